The molecule has 1 aromatic heterocycles. The second kappa shape index (κ2) is 5.20. The first kappa shape index (κ1) is 14.4. The molecule has 0 saturated carbocycles. The molecule has 0 aliphatic heterocycles. The summed E-state index contributed by atoms with van der Waals surface area (Å²) in [5.41, 5.74) is -1.95. The smallest absolute Gasteiger partial charge is 0.335 e. The van der Waals surface area contributed by atoms with Gasteiger partial charge in [0.1, 0.15) is 23.1 Å². The van der Waals surface area contributed by atoms with Gasteiger partial charge in [-0.05, 0) is 23.7 Å². The van der Waals surface area contributed by atoms with E-state index in [1.165, 1.54) is 0 Å². The van der Waals surface area contributed by atoms with E-state index in [1.807, 2.05) is 0 Å². The fourth-order valence-corrected chi connectivity index (χ4v) is 1.55. The quantitative estimate of drug-likeness (QED) is 0.668. The number of anilines is 2. The van der Waals surface area contributed by atoms with Crippen molar-refractivity contribution in [1.29, 1.82) is 0 Å². The van der Waals surface area contributed by atoms with Crippen LogP contribution in [0.4, 0.5) is 33.5 Å². The number of nitrogens with one attached hydrogen (secondary N) is 1. The van der Waals surface area contributed by atoms with Gasteiger partial charge in [0.2, 0.25) is 5.28 Å². The van der Waals surface area contributed by atoms with Gasteiger partial charge in [0.05, 0.1) is 0 Å². The fraction of sp³-hybridized carbons (Fsp3) is 0.0909. The number of halogens is 6. The molecule has 2 rings (SSSR count). The first-order valence-electron chi connectivity index (χ1n) is 5.10. The predicted octanol–water partition coefficient (Wildman–Crippen LogP) is 4.17. The summed E-state index contributed by atoms with van der Waals surface area (Å²) < 4.78 is 64.3. The van der Waals surface area contributed by atoms with E-state index < -0.39 is 40.3 Å². The standard InChI is InChI=1S/C11H5ClF5N3/c12-10-18-7(11(15,16)17)4-8(20-10)19-9-5(13)2-1-3-6(9)14/h1-4H,(H,18,19,20). The molecule has 0 radical (unpaired) electrons. The van der Waals surface area contributed by atoms with Crippen LogP contribution in [0, 0.1) is 11.6 Å². The van der Waals surface area contributed by atoms with Crippen molar-refractivity contribution in [1.82, 2.24) is 9.97 Å². The molecule has 0 atom stereocenters. The predicted molar refractivity (Wildman–Crippen MR) is 61.7 cm³/mol. The molecule has 3 nitrogen and oxygen atoms in total. The van der Waals surface area contributed by atoms with Crippen LogP contribution in [0.1, 0.15) is 5.69 Å². The Morgan fingerprint density at radius 3 is 2.20 bits per heavy atom. The van der Waals surface area contributed by atoms with Crippen molar-refractivity contribution in [2.24, 2.45) is 0 Å². The summed E-state index contributed by atoms with van der Waals surface area (Å²) in [5.74, 6) is -2.43. The molecule has 20 heavy (non-hydrogen) atoms. The lowest BCUT2D eigenvalue weighted by molar-refractivity contribution is -0.141. The molecular formula is C11H5ClF5N3. The van der Waals surface area contributed by atoms with E-state index in [2.05, 4.69) is 15.3 Å². The Bertz CT molecular complexity index is 624. The Morgan fingerprint density at radius 1 is 1.05 bits per heavy atom. The van der Waals surface area contributed by atoms with Crippen LogP contribution >= 0.6 is 11.6 Å². The number of hydrogen-bond acceptors (Lipinski definition) is 3. The molecule has 1 aromatic carbocycles. The van der Waals surface area contributed by atoms with Crippen molar-refractivity contribution in [3.05, 3.63) is 46.9 Å². The molecule has 0 aliphatic carbocycles. The van der Waals surface area contributed by atoms with Crippen LogP contribution in [-0.4, -0.2) is 9.97 Å². The van der Waals surface area contributed by atoms with Crippen molar-refractivity contribution < 1.29 is 22.0 Å². The molecular weight excluding hydrogens is 305 g/mol. The summed E-state index contributed by atoms with van der Waals surface area (Å²) in [4.78, 5) is 6.43. The summed E-state index contributed by atoms with van der Waals surface area (Å²) >= 11 is 5.35. The largest absolute Gasteiger partial charge is 0.433 e. The van der Waals surface area contributed by atoms with Gasteiger partial charge in [-0.25, -0.2) is 18.7 Å². The van der Waals surface area contributed by atoms with Crippen molar-refractivity contribution in [3.8, 4) is 0 Å². The van der Waals surface area contributed by atoms with Crippen LogP contribution in [-0.2, 0) is 6.18 Å². The Hall–Kier alpha value is -1.96. The van der Waals surface area contributed by atoms with Gasteiger partial charge in [-0.3, -0.25) is 0 Å². The lowest BCUT2D eigenvalue weighted by atomic mass is 10.3. The minimum absolute atomic E-state index is 0.471. The summed E-state index contributed by atoms with van der Waals surface area (Å²) in [7, 11) is 0. The van der Waals surface area contributed by atoms with E-state index in [0.717, 1.165) is 18.2 Å². The third kappa shape index (κ3) is 3.13. The highest BCUT2D eigenvalue weighted by atomic mass is 35.5. The second-order valence-electron chi connectivity index (χ2n) is 3.63. The number of hydrogen-bond donors (Lipinski definition) is 1. The molecule has 106 valence electrons. The zero-order valence-corrected chi connectivity index (χ0v) is 10.2. The lowest BCUT2D eigenvalue weighted by Gasteiger charge is -2.11. The van der Waals surface area contributed by atoms with Crippen molar-refractivity contribution in [2.45, 2.75) is 6.18 Å². The van der Waals surface area contributed by atoms with Gasteiger partial charge in [0.15, 0.2) is 5.69 Å². The van der Waals surface area contributed by atoms with E-state index in [4.69, 9.17) is 11.6 Å². The maximum absolute atomic E-state index is 13.4. The lowest BCUT2D eigenvalue weighted by Crippen LogP contribution is -2.10. The SMILES string of the molecule is Fc1cccc(F)c1Nc1cc(C(F)(F)F)nc(Cl)n1. The number of nitrogens with zero attached hydrogens (tertiary/aromatic N) is 2. The number of rotatable bonds is 2. The molecule has 0 aliphatic rings. The van der Waals surface area contributed by atoms with Crippen LogP contribution in [0.2, 0.25) is 5.28 Å². The zero-order valence-electron chi connectivity index (χ0n) is 9.47. The number of alkyl halides is 3. The fourth-order valence-electron chi connectivity index (χ4n) is 1.37. The summed E-state index contributed by atoms with van der Waals surface area (Å²) in [5, 5.41) is 1.41. The topological polar surface area (TPSA) is 37.8 Å². The van der Waals surface area contributed by atoms with Gasteiger partial charge in [-0.2, -0.15) is 13.2 Å². The molecule has 1 heterocycles. The van der Waals surface area contributed by atoms with Gasteiger partial charge < -0.3 is 5.32 Å². The molecule has 0 saturated heterocycles. The Kier molecular flexibility index (Phi) is 3.76. The summed E-state index contributed by atoms with van der Waals surface area (Å²) in [6.07, 6.45) is -4.75. The number of para-hydroxylation sites is 1. The second-order valence-corrected chi connectivity index (χ2v) is 3.96. The van der Waals surface area contributed by atoms with Crippen molar-refractivity contribution >= 4 is 23.1 Å². The molecule has 9 heteroatoms. The van der Waals surface area contributed by atoms with Gasteiger partial charge in [0.25, 0.3) is 0 Å². The third-order valence-electron chi connectivity index (χ3n) is 2.21. The maximum Gasteiger partial charge on any atom is 0.433 e. The van der Waals surface area contributed by atoms with E-state index >= 15 is 0 Å². The van der Waals surface area contributed by atoms with Crippen molar-refractivity contribution in [3.63, 3.8) is 0 Å². The zero-order chi connectivity index (χ0) is 14.9. The van der Waals surface area contributed by atoms with E-state index in [0.29, 0.717) is 6.07 Å². The number of aromatic nitrogens is 2. The highest BCUT2D eigenvalue weighted by Crippen LogP contribution is 2.31. The summed E-state index contributed by atoms with van der Waals surface area (Å²) in [6, 6.07) is 3.50. The summed E-state index contributed by atoms with van der Waals surface area (Å²) in [6.45, 7) is 0. The minimum Gasteiger partial charge on any atom is -0.335 e. The minimum atomic E-state index is -4.75. The Morgan fingerprint density at radius 2 is 1.65 bits per heavy atom. The first-order valence-corrected chi connectivity index (χ1v) is 5.48. The molecule has 0 fully saturated rings. The molecule has 0 bridgehead atoms. The average Bonchev–Trinajstić information content (AvgIpc) is 2.32. The Balaban J connectivity index is 2.42. The highest BCUT2D eigenvalue weighted by molar-refractivity contribution is 6.28. The first-order chi connectivity index (χ1) is 9.27. The Labute approximate surface area is 114 Å². The van der Waals surface area contributed by atoms with Crippen LogP contribution in [0.5, 0.6) is 0 Å². The van der Waals surface area contributed by atoms with Crippen LogP contribution in [0.15, 0.2) is 24.3 Å². The maximum atomic E-state index is 13.4. The molecule has 0 amide bonds. The monoisotopic (exact) mass is 309 g/mol. The third-order valence-corrected chi connectivity index (χ3v) is 2.37. The molecule has 0 unspecified atom stereocenters. The van der Waals surface area contributed by atoms with Crippen LogP contribution in [0.25, 0.3) is 0 Å². The van der Waals surface area contributed by atoms with Gasteiger partial charge in [-0.15, -0.1) is 0 Å². The van der Waals surface area contributed by atoms with Crippen LogP contribution < -0.4 is 5.32 Å². The highest BCUT2D eigenvalue weighted by Gasteiger charge is 2.33. The van der Waals surface area contributed by atoms with Gasteiger partial charge in [0, 0.05) is 6.07 Å². The number of benzene rings is 1. The molecule has 1 N–H and O–H groups in total. The van der Waals surface area contributed by atoms with Gasteiger partial charge >= 0.3 is 6.18 Å². The van der Waals surface area contributed by atoms with E-state index in [-0.39, 0.29) is 0 Å². The van der Waals surface area contributed by atoms with E-state index in [1.54, 1.807) is 0 Å². The molecule has 0 spiro atoms. The average molecular weight is 310 g/mol. The normalized spacial score (nSPS) is 11.5. The van der Waals surface area contributed by atoms with Crippen molar-refractivity contribution in [2.75, 3.05) is 5.32 Å². The van der Waals surface area contributed by atoms with Crippen LogP contribution in [0.3, 0.4) is 0 Å². The van der Waals surface area contributed by atoms with E-state index in [9.17, 15) is 22.0 Å². The van der Waals surface area contributed by atoms with Gasteiger partial charge in [-0.1, -0.05) is 6.07 Å². The molecule has 2 aromatic rings.